The second-order valence-corrected chi connectivity index (χ2v) is 9.74. The van der Waals surface area contributed by atoms with Crippen molar-refractivity contribution in [2.45, 2.75) is 20.4 Å². The molecule has 1 aromatic carbocycles. The third kappa shape index (κ3) is 4.15. The van der Waals surface area contributed by atoms with Crippen molar-refractivity contribution in [2.75, 3.05) is 26.2 Å². The van der Waals surface area contributed by atoms with Crippen LogP contribution in [0.25, 0.3) is 10.4 Å². The Bertz CT molecular complexity index is 989. The molecule has 0 unspecified atom stereocenters. The van der Waals surface area contributed by atoms with Gasteiger partial charge in [-0.1, -0.05) is 29.8 Å². The van der Waals surface area contributed by atoms with Gasteiger partial charge in [0.15, 0.2) is 0 Å². The van der Waals surface area contributed by atoms with Crippen LogP contribution in [0, 0.1) is 13.8 Å². The summed E-state index contributed by atoms with van der Waals surface area (Å²) >= 11 is 9.61. The average molecular weight is 432 g/mol. The molecule has 1 amide bonds. The van der Waals surface area contributed by atoms with E-state index in [1.165, 1.54) is 21.1 Å². The molecule has 7 heteroatoms. The zero-order valence-corrected chi connectivity index (χ0v) is 18.3. The second-order valence-electron chi connectivity index (χ2n) is 6.96. The Morgan fingerprint density at radius 1 is 1.07 bits per heavy atom. The van der Waals surface area contributed by atoms with E-state index in [2.05, 4.69) is 28.1 Å². The Morgan fingerprint density at radius 2 is 1.82 bits per heavy atom. The molecule has 4 nitrogen and oxygen atoms in total. The number of hydrogen-bond donors (Lipinski definition) is 0. The molecule has 0 N–H and O–H groups in total. The minimum atomic E-state index is 0.125. The first-order chi connectivity index (χ1) is 13.5. The normalized spacial score (nSPS) is 15.2. The van der Waals surface area contributed by atoms with Crippen molar-refractivity contribution >= 4 is 40.2 Å². The van der Waals surface area contributed by atoms with Gasteiger partial charge >= 0.3 is 0 Å². The van der Waals surface area contributed by atoms with Crippen LogP contribution < -0.4 is 0 Å². The van der Waals surface area contributed by atoms with Crippen LogP contribution in [0.5, 0.6) is 0 Å². The highest BCUT2D eigenvalue weighted by atomic mass is 35.5. The van der Waals surface area contributed by atoms with Gasteiger partial charge in [0.25, 0.3) is 5.91 Å². The number of aryl methyl sites for hydroxylation is 2. The molecule has 0 bridgehead atoms. The van der Waals surface area contributed by atoms with Gasteiger partial charge in [0.2, 0.25) is 0 Å². The van der Waals surface area contributed by atoms with E-state index in [1.54, 1.807) is 11.3 Å². The van der Waals surface area contributed by atoms with Gasteiger partial charge in [-0.2, -0.15) is 0 Å². The Hall–Kier alpha value is -1.73. The SMILES string of the molecule is Cc1nc(C)c(C(=O)N2CCN(Cc3ccc(-c4ccccc4Cl)s3)CC2)s1. The third-order valence-electron chi connectivity index (χ3n) is 4.94. The first-order valence-corrected chi connectivity index (χ1v) is 11.3. The standard InChI is InChI=1S/C21H22ClN3OS2/c1-14-20(27-15(2)23-14)21(26)25-11-9-24(10-12-25)13-16-7-8-19(28-16)17-5-3-4-6-18(17)22/h3-8H,9-13H2,1-2H3. The number of hydrogen-bond acceptors (Lipinski definition) is 5. The maximum Gasteiger partial charge on any atom is 0.265 e. The van der Waals surface area contributed by atoms with Crippen molar-refractivity contribution in [1.82, 2.24) is 14.8 Å². The smallest absolute Gasteiger partial charge is 0.265 e. The number of amides is 1. The molecule has 0 atom stereocenters. The van der Waals surface area contributed by atoms with Crippen molar-refractivity contribution in [3.8, 4) is 10.4 Å². The van der Waals surface area contributed by atoms with E-state index in [-0.39, 0.29) is 5.91 Å². The van der Waals surface area contributed by atoms with Gasteiger partial charge in [0.05, 0.1) is 10.7 Å². The summed E-state index contributed by atoms with van der Waals surface area (Å²) in [7, 11) is 0. The van der Waals surface area contributed by atoms with Crippen LogP contribution in [0.2, 0.25) is 5.02 Å². The molecule has 1 fully saturated rings. The van der Waals surface area contributed by atoms with E-state index < -0.39 is 0 Å². The Kier molecular flexibility index (Phi) is 5.83. The summed E-state index contributed by atoms with van der Waals surface area (Å²) in [4.78, 5) is 24.8. The molecule has 4 rings (SSSR count). The van der Waals surface area contributed by atoms with Crippen molar-refractivity contribution in [2.24, 2.45) is 0 Å². The Balaban J connectivity index is 1.36. The lowest BCUT2D eigenvalue weighted by Crippen LogP contribution is -2.48. The molecule has 0 radical (unpaired) electrons. The van der Waals surface area contributed by atoms with Crippen molar-refractivity contribution < 1.29 is 4.79 Å². The minimum absolute atomic E-state index is 0.125. The quantitative estimate of drug-likeness (QED) is 0.576. The predicted molar refractivity (Wildman–Crippen MR) is 118 cm³/mol. The van der Waals surface area contributed by atoms with Crippen LogP contribution >= 0.6 is 34.3 Å². The van der Waals surface area contributed by atoms with E-state index >= 15 is 0 Å². The molecular formula is C21H22ClN3OS2. The predicted octanol–water partition coefficient (Wildman–Crippen LogP) is 5.10. The van der Waals surface area contributed by atoms with Crippen molar-refractivity contribution in [1.29, 1.82) is 0 Å². The van der Waals surface area contributed by atoms with Gasteiger partial charge in [0.1, 0.15) is 4.88 Å². The molecule has 3 aromatic rings. The van der Waals surface area contributed by atoms with Crippen LogP contribution in [0.1, 0.15) is 25.3 Å². The maximum atomic E-state index is 12.8. The van der Waals surface area contributed by atoms with E-state index in [9.17, 15) is 4.79 Å². The van der Waals surface area contributed by atoms with E-state index in [1.807, 2.05) is 36.9 Å². The summed E-state index contributed by atoms with van der Waals surface area (Å²) in [6.45, 7) is 8.08. The van der Waals surface area contributed by atoms with Crippen LogP contribution in [-0.2, 0) is 6.54 Å². The van der Waals surface area contributed by atoms with Crippen LogP contribution in [0.3, 0.4) is 0 Å². The van der Waals surface area contributed by atoms with Gasteiger partial charge in [-0.15, -0.1) is 22.7 Å². The number of halogens is 1. The van der Waals surface area contributed by atoms with E-state index in [0.29, 0.717) is 0 Å². The van der Waals surface area contributed by atoms with Gasteiger partial charge < -0.3 is 4.90 Å². The highest BCUT2D eigenvalue weighted by molar-refractivity contribution is 7.15. The molecule has 1 aliphatic rings. The second kappa shape index (κ2) is 8.33. The molecule has 1 aliphatic heterocycles. The largest absolute Gasteiger partial charge is 0.335 e. The number of thiophene rings is 1. The molecule has 0 spiro atoms. The first-order valence-electron chi connectivity index (χ1n) is 9.30. The number of aromatic nitrogens is 1. The fourth-order valence-corrected chi connectivity index (χ4v) is 5.74. The molecule has 1 saturated heterocycles. The molecule has 2 aromatic heterocycles. The fraction of sp³-hybridized carbons (Fsp3) is 0.333. The van der Waals surface area contributed by atoms with Crippen molar-refractivity contribution in [3.05, 3.63) is 61.9 Å². The lowest BCUT2D eigenvalue weighted by atomic mass is 10.2. The van der Waals surface area contributed by atoms with Gasteiger partial charge in [-0.05, 0) is 32.0 Å². The molecule has 0 saturated carbocycles. The van der Waals surface area contributed by atoms with E-state index in [4.69, 9.17) is 11.6 Å². The number of carbonyl (C=O) groups excluding carboxylic acids is 1. The fourth-order valence-electron chi connectivity index (χ4n) is 3.47. The minimum Gasteiger partial charge on any atom is -0.335 e. The van der Waals surface area contributed by atoms with Gasteiger partial charge in [-0.3, -0.25) is 9.69 Å². The van der Waals surface area contributed by atoms with Gasteiger partial charge in [-0.25, -0.2) is 4.98 Å². The maximum absolute atomic E-state index is 12.8. The Morgan fingerprint density at radius 3 is 2.50 bits per heavy atom. The average Bonchev–Trinajstić information content (AvgIpc) is 3.28. The summed E-state index contributed by atoms with van der Waals surface area (Å²) < 4.78 is 0. The molecule has 0 aliphatic carbocycles. The molecule has 3 heterocycles. The Labute approximate surface area is 178 Å². The molecule has 28 heavy (non-hydrogen) atoms. The lowest BCUT2D eigenvalue weighted by Gasteiger charge is -2.34. The topological polar surface area (TPSA) is 36.4 Å². The first kappa shape index (κ1) is 19.6. The monoisotopic (exact) mass is 431 g/mol. The molecule has 146 valence electrons. The summed E-state index contributed by atoms with van der Waals surface area (Å²) in [5.74, 6) is 0.125. The van der Waals surface area contributed by atoms with E-state index in [0.717, 1.165) is 58.9 Å². The summed E-state index contributed by atoms with van der Waals surface area (Å²) in [5, 5.41) is 1.74. The van der Waals surface area contributed by atoms with Crippen LogP contribution in [-0.4, -0.2) is 46.9 Å². The highest BCUT2D eigenvalue weighted by Gasteiger charge is 2.25. The van der Waals surface area contributed by atoms with Crippen molar-refractivity contribution in [3.63, 3.8) is 0 Å². The number of carbonyl (C=O) groups is 1. The zero-order chi connectivity index (χ0) is 19.7. The van der Waals surface area contributed by atoms with Crippen LogP contribution in [0.15, 0.2) is 36.4 Å². The number of piperazine rings is 1. The van der Waals surface area contributed by atoms with Gasteiger partial charge in [0, 0.05) is 53.1 Å². The summed E-state index contributed by atoms with van der Waals surface area (Å²) in [5.41, 5.74) is 1.94. The summed E-state index contributed by atoms with van der Waals surface area (Å²) in [6, 6.07) is 12.3. The lowest BCUT2D eigenvalue weighted by molar-refractivity contribution is 0.0633. The number of thiazole rings is 1. The highest BCUT2D eigenvalue weighted by Crippen LogP contribution is 2.33. The van der Waals surface area contributed by atoms with Crippen LogP contribution in [0.4, 0.5) is 0 Å². The number of rotatable bonds is 4. The zero-order valence-electron chi connectivity index (χ0n) is 15.9. The number of nitrogens with zero attached hydrogens (tertiary/aromatic N) is 3. The number of benzene rings is 1. The molecular weight excluding hydrogens is 410 g/mol. The summed E-state index contributed by atoms with van der Waals surface area (Å²) in [6.07, 6.45) is 0. The third-order valence-corrected chi connectivity index (χ3v) is 7.43.